The van der Waals surface area contributed by atoms with E-state index in [0.717, 1.165) is 17.9 Å². The first-order valence-electron chi connectivity index (χ1n) is 5.78. The van der Waals surface area contributed by atoms with Crippen molar-refractivity contribution in [2.75, 3.05) is 18.8 Å². The summed E-state index contributed by atoms with van der Waals surface area (Å²) < 4.78 is 0. The van der Waals surface area contributed by atoms with Gasteiger partial charge in [-0.25, -0.2) is 0 Å². The Morgan fingerprint density at radius 2 is 2.13 bits per heavy atom. The lowest BCUT2D eigenvalue weighted by Crippen LogP contribution is -2.54. The molecule has 4 nitrogen and oxygen atoms in total. The van der Waals surface area contributed by atoms with Crippen LogP contribution in [-0.2, 0) is 6.54 Å². The highest BCUT2D eigenvalue weighted by molar-refractivity contribution is 5.36. The molecule has 1 aliphatic heterocycles. The van der Waals surface area contributed by atoms with Crippen molar-refractivity contribution in [2.24, 2.45) is 5.41 Å². The molecule has 1 aromatic heterocycles. The number of hydrogen-bond donors (Lipinski definition) is 2. The molecule has 2 fully saturated rings. The van der Waals surface area contributed by atoms with Crippen LogP contribution in [0.3, 0.4) is 0 Å². The van der Waals surface area contributed by atoms with Gasteiger partial charge in [0.15, 0.2) is 0 Å². The molecule has 3 N–H and O–H groups in total. The Morgan fingerprint density at radius 3 is 2.73 bits per heavy atom. The average molecular weight is 206 g/mol. The number of nitrogens with two attached hydrogens (primary N) is 1. The van der Waals surface area contributed by atoms with Crippen LogP contribution in [0, 0.1) is 5.41 Å². The Hall–Kier alpha value is -1.03. The maximum atomic E-state index is 5.77. The molecular weight excluding hydrogens is 188 g/mol. The Labute approximate surface area is 89.8 Å². The summed E-state index contributed by atoms with van der Waals surface area (Å²) in [4.78, 5) is 2.48. The molecule has 0 bridgehead atoms. The van der Waals surface area contributed by atoms with Crippen molar-refractivity contribution in [3.05, 3.63) is 11.8 Å². The largest absolute Gasteiger partial charge is 0.384 e. The molecule has 4 heteroatoms. The summed E-state index contributed by atoms with van der Waals surface area (Å²) in [6.45, 7) is 3.49. The Kier molecular flexibility index (Phi) is 1.99. The predicted octanol–water partition coefficient (Wildman–Crippen LogP) is 1.37. The van der Waals surface area contributed by atoms with E-state index in [1.54, 1.807) is 0 Å². The van der Waals surface area contributed by atoms with Crippen LogP contribution in [0.15, 0.2) is 6.20 Å². The van der Waals surface area contributed by atoms with E-state index in [9.17, 15) is 0 Å². The molecule has 1 saturated heterocycles. The zero-order valence-electron chi connectivity index (χ0n) is 9.00. The van der Waals surface area contributed by atoms with E-state index in [0.29, 0.717) is 5.41 Å². The molecule has 0 radical (unpaired) electrons. The van der Waals surface area contributed by atoms with Gasteiger partial charge in [0.05, 0.1) is 6.20 Å². The fourth-order valence-corrected chi connectivity index (χ4v) is 3.14. The molecule has 1 spiro atoms. The van der Waals surface area contributed by atoms with Crippen molar-refractivity contribution in [3.8, 4) is 0 Å². The third kappa shape index (κ3) is 1.53. The molecule has 82 valence electrons. The molecule has 1 aromatic rings. The van der Waals surface area contributed by atoms with Crippen LogP contribution in [-0.4, -0.2) is 28.2 Å². The number of aromatic amines is 1. The third-order valence-corrected chi connectivity index (χ3v) is 3.93. The standard InChI is InChI=1S/C11H18N4/c12-10-9(5-13-14-10)6-15-7-11(8-15)3-1-2-4-11/h5H,1-4,6-8H2,(H3,12,13,14). The van der Waals surface area contributed by atoms with E-state index in [4.69, 9.17) is 5.73 Å². The Balaban J connectivity index is 1.58. The summed E-state index contributed by atoms with van der Waals surface area (Å²) in [5, 5.41) is 6.73. The molecule has 0 unspecified atom stereocenters. The van der Waals surface area contributed by atoms with E-state index in [1.165, 1.54) is 38.8 Å². The first-order chi connectivity index (χ1) is 7.27. The van der Waals surface area contributed by atoms with Crippen molar-refractivity contribution < 1.29 is 0 Å². The number of likely N-dealkylation sites (tertiary alicyclic amines) is 1. The molecule has 0 atom stereocenters. The number of hydrogen-bond acceptors (Lipinski definition) is 3. The van der Waals surface area contributed by atoms with Gasteiger partial charge in [0.1, 0.15) is 5.82 Å². The second-order valence-corrected chi connectivity index (χ2v) is 5.16. The molecule has 2 aliphatic rings. The van der Waals surface area contributed by atoms with Crippen molar-refractivity contribution in [3.63, 3.8) is 0 Å². The Bertz CT molecular complexity index is 343. The van der Waals surface area contributed by atoms with Crippen LogP contribution in [0.2, 0.25) is 0 Å². The maximum absolute atomic E-state index is 5.77. The summed E-state index contributed by atoms with van der Waals surface area (Å²) in [6, 6.07) is 0. The SMILES string of the molecule is Nc1[nH]ncc1CN1CC2(CCCC2)C1. The van der Waals surface area contributed by atoms with Crippen molar-refractivity contribution in [1.82, 2.24) is 15.1 Å². The normalized spacial score (nSPS) is 24.5. The molecule has 15 heavy (non-hydrogen) atoms. The number of nitrogens with zero attached hydrogens (tertiary/aromatic N) is 2. The molecule has 1 saturated carbocycles. The topological polar surface area (TPSA) is 57.9 Å². The quantitative estimate of drug-likeness (QED) is 0.768. The van der Waals surface area contributed by atoms with E-state index in [-0.39, 0.29) is 0 Å². The van der Waals surface area contributed by atoms with E-state index in [1.807, 2.05) is 6.20 Å². The predicted molar refractivity (Wildman–Crippen MR) is 59.2 cm³/mol. The van der Waals surface area contributed by atoms with Gasteiger partial charge in [0.25, 0.3) is 0 Å². The van der Waals surface area contributed by atoms with Crippen LogP contribution in [0.4, 0.5) is 5.82 Å². The summed E-state index contributed by atoms with van der Waals surface area (Å²) in [6.07, 6.45) is 7.58. The van der Waals surface area contributed by atoms with Crippen LogP contribution < -0.4 is 5.73 Å². The molecule has 2 heterocycles. The smallest absolute Gasteiger partial charge is 0.123 e. The molecule has 3 rings (SSSR count). The lowest BCUT2D eigenvalue weighted by atomic mass is 9.78. The van der Waals surface area contributed by atoms with Crippen LogP contribution in [0.1, 0.15) is 31.2 Å². The van der Waals surface area contributed by atoms with Gasteiger partial charge in [-0.3, -0.25) is 10.00 Å². The summed E-state index contributed by atoms with van der Waals surface area (Å²) in [5.41, 5.74) is 7.59. The Morgan fingerprint density at radius 1 is 1.40 bits per heavy atom. The van der Waals surface area contributed by atoms with Crippen molar-refractivity contribution >= 4 is 5.82 Å². The lowest BCUT2D eigenvalue weighted by Gasteiger charge is -2.48. The monoisotopic (exact) mass is 206 g/mol. The number of nitrogen functional groups attached to an aromatic ring is 1. The van der Waals surface area contributed by atoms with Gasteiger partial charge < -0.3 is 5.73 Å². The lowest BCUT2D eigenvalue weighted by molar-refractivity contribution is -0.000101. The molecular formula is C11H18N4. The number of H-pyrrole nitrogens is 1. The highest BCUT2D eigenvalue weighted by atomic mass is 15.2. The summed E-state index contributed by atoms with van der Waals surface area (Å²) >= 11 is 0. The van der Waals surface area contributed by atoms with Gasteiger partial charge in [-0.1, -0.05) is 12.8 Å². The second kappa shape index (κ2) is 3.23. The van der Waals surface area contributed by atoms with Crippen molar-refractivity contribution in [2.45, 2.75) is 32.2 Å². The fraction of sp³-hybridized carbons (Fsp3) is 0.727. The van der Waals surface area contributed by atoms with Gasteiger partial charge >= 0.3 is 0 Å². The van der Waals surface area contributed by atoms with Gasteiger partial charge in [0, 0.05) is 25.2 Å². The van der Waals surface area contributed by atoms with Gasteiger partial charge in [-0.2, -0.15) is 5.10 Å². The first-order valence-corrected chi connectivity index (χ1v) is 5.78. The van der Waals surface area contributed by atoms with E-state index in [2.05, 4.69) is 15.1 Å². The number of nitrogens with one attached hydrogen (secondary N) is 1. The second-order valence-electron chi connectivity index (χ2n) is 5.16. The van der Waals surface area contributed by atoms with Gasteiger partial charge in [-0.05, 0) is 18.3 Å². The number of aromatic nitrogens is 2. The molecule has 0 amide bonds. The number of rotatable bonds is 2. The van der Waals surface area contributed by atoms with Crippen LogP contribution >= 0.6 is 0 Å². The van der Waals surface area contributed by atoms with Gasteiger partial charge in [0.2, 0.25) is 0 Å². The minimum atomic E-state index is 0.679. The zero-order chi connectivity index (χ0) is 10.3. The maximum Gasteiger partial charge on any atom is 0.123 e. The minimum Gasteiger partial charge on any atom is -0.384 e. The number of anilines is 1. The summed E-state index contributed by atoms with van der Waals surface area (Å²) in [5.74, 6) is 0.724. The highest BCUT2D eigenvalue weighted by Gasteiger charge is 2.44. The highest BCUT2D eigenvalue weighted by Crippen LogP contribution is 2.45. The summed E-state index contributed by atoms with van der Waals surface area (Å²) in [7, 11) is 0. The van der Waals surface area contributed by atoms with E-state index >= 15 is 0 Å². The third-order valence-electron chi connectivity index (χ3n) is 3.93. The zero-order valence-corrected chi connectivity index (χ0v) is 9.00. The van der Waals surface area contributed by atoms with E-state index < -0.39 is 0 Å². The van der Waals surface area contributed by atoms with Crippen LogP contribution in [0.5, 0.6) is 0 Å². The molecule has 1 aliphatic carbocycles. The van der Waals surface area contributed by atoms with Crippen LogP contribution in [0.25, 0.3) is 0 Å². The fourth-order valence-electron chi connectivity index (χ4n) is 3.14. The molecule has 0 aromatic carbocycles. The average Bonchev–Trinajstić information content (AvgIpc) is 2.75. The minimum absolute atomic E-state index is 0.679. The van der Waals surface area contributed by atoms with Gasteiger partial charge in [-0.15, -0.1) is 0 Å². The first kappa shape index (κ1) is 9.21. The van der Waals surface area contributed by atoms with Crippen molar-refractivity contribution in [1.29, 1.82) is 0 Å².